The molecule has 0 spiro atoms. The van der Waals surface area contributed by atoms with Crippen LogP contribution in [0.25, 0.3) is 0 Å². The third kappa shape index (κ3) is 3.71. The van der Waals surface area contributed by atoms with Crippen molar-refractivity contribution in [2.75, 3.05) is 26.5 Å². The fraction of sp³-hybridized carbons (Fsp3) is 1.00. The summed E-state index contributed by atoms with van der Waals surface area (Å²) in [6.45, 7) is 0.524. The third-order valence-electron chi connectivity index (χ3n) is 3.31. The van der Waals surface area contributed by atoms with E-state index in [0.717, 1.165) is 25.7 Å². The van der Waals surface area contributed by atoms with E-state index in [2.05, 4.69) is 5.32 Å². The van der Waals surface area contributed by atoms with Crippen LogP contribution < -0.4 is 5.32 Å². The van der Waals surface area contributed by atoms with Crippen LogP contribution in [0.4, 0.5) is 0 Å². The standard InChI is InChI=1S/C11H23NO3S/c1-12-10-6-3-4-7-11(10)16(13,14)9-5-8-15-2/h10-12H,3-9H2,1-2H3. The van der Waals surface area contributed by atoms with Crippen molar-refractivity contribution in [1.82, 2.24) is 5.32 Å². The predicted octanol–water partition coefficient (Wildman–Crippen LogP) is 0.968. The summed E-state index contributed by atoms with van der Waals surface area (Å²) in [7, 11) is 0.496. The third-order valence-corrected chi connectivity index (χ3v) is 5.66. The Morgan fingerprint density at radius 3 is 2.62 bits per heavy atom. The van der Waals surface area contributed by atoms with E-state index in [1.165, 1.54) is 0 Å². The highest BCUT2D eigenvalue weighted by Gasteiger charge is 2.33. The van der Waals surface area contributed by atoms with E-state index in [1.807, 2.05) is 7.05 Å². The Kier molecular flexibility index (Phi) is 5.72. The second-order valence-corrected chi connectivity index (χ2v) is 6.77. The van der Waals surface area contributed by atoms with Gasteiger partial charge in [-0.3, -0.25) is 0 Å². The Morgan fingerprint density at radius 2 is 2.00 bits per heavy atom. The molecule has 1 N–H and O–H groups in total. The lowest BCUT2D eigenvalue weighted by molar-refractivity contribution is 0.199. The van der Waals surface area contributed by atoms with Gasteiger partial charge in [-0.2, -0.15) is 0 Å². The summed E-state index contributed by atoms with van der Waals surface area (Å²) in [4.78, 5) is 0. The molecule has 0 heterocycles. The molecule has 1 saturated carbocycles. The van der Waals surface area contributed by atoms with Crippen LogP contribution in [0.2, 0.25) is 0 Å². The molecule has 1 fully saturated rings. The van der Waals surface area contributed by atoms with Crippen molar-refractivity contribution >= 4 is 9.84 Å². The van der Waals surface area contributed by atoms with E-state index in [1.54, 1.807) is 7.11 Å². The number of hydrogen-bond acceptors (Lipinski definition) is 4. The molecule has 96 valence electrons. The van der Waals surface area contributed by atoms with Gasteiger partial charge in [0.1, 0.15) is 0 Å². The predicted molar refractivity (Wildman–Crippen MR) is 65.4 cm³/mol. The highest BCUT2D eigenvalue weighted by Crippen LogP contribution is 2.25. The first-order chi connectivity index (χ1) is 7.61. The summed E-state index contributed by atoms with van der Waals surface area (Å²) in [6, 6.07) is 0.140. The molecule has 1 aliphatic carbocycles. The minimum absolute atomic E-state index is 0.140. The molecule has 2 atom stereocenters. The number of sulfone groups is 1. The molecule has 0 saturated heterocycles. The van der Waals surface area contributed by atoms with Crippen LogP contribution in [0.3, 0.4) is 0 Å². The zero-order valence-electron chi connectivity index (χ0n) is 10.2. The van der Waals surface area contributed by atoms with Crippen molar-refractivity contribution in [1.29, 1.82) is 0 Å². The fourth-order valence-electron chi connectivity index (χ4n) is 2.41. The number of methoxy groups -OCH3 is 1. The molecule has 0 bridgehead atoms. The molecule has 2 unspecified atom stereocenters. The van der Waals surface area contributed by atoms with Gasteiger partial charge in [-0.15, -0.1) is 0 Å². The molecule has 0 radical (unpaired) electrons. The van der Waals surface area contributed by atoms with Crippen molar-refractivity contribution < 1.29 is 13.2 Å². The zero-order chi connectivity index (χ0) is 12.0. The van der Waals surface area contributed by atoms with E-state index < -0.39 is 9.84 Å². The molecule has 4 nitrogen and oxygen atoms in total. The summed E-state index contributed by atoms with van der Waals surface area (Å²) in [5.74, 6) is 0.254. The van der Waals surface area contributed by atoms with E-state index in [9.17, 15) is 8.42 Å². The first-order valence-corrected chi connectivity index (χ1v) is 7.71. The van der Waals surface area contributed by atoms with Crippen LogP contribution in [-0.4, -0.2) is 46.2 Å². The normalized spacial score (nSPS) is 26.9. The topological polar surface area (TPSA) is 55.4 Å². The Hall–Kier alpha value is -0.130. The number of rotatable bonds is 6. The van der Waals surface area contributed by atoms with Gasteiger partial charge < -0.3 is 10.1 Å². The molecule has 0 aromatic carbocycles. The Labute approximate surface area is 98.7 Å². The maximum Gasteiger partial charge on any atom is 0.154 e. The Balaban J connectivity index is 2.57. The van der Waals surface area contributed by atoms with Crippen LogP contribution in [0.5, 0.6) is 0 Å². The van der Waals surface area contributed by atoms with Crippen LogP contribution in [0.1, 0.15) is 32.1 Å². The van der Waals surface area contributed by atoms with E-state index in [-0.39, 0.29) is 17.0 Å². The van der Waals surface area contributed by atoms with Gasteiger partial charge in [-0.05, 0) is 26.3 Å². The van der Waals surface area contributed by atoms with Crippen LogP contribution in [0, 0.1) is 0 Å². The second kappa shape index (κ2) is 6.57. The average molecular weight is 249 g/mol. The molecular formula is C11H23NO3S. The van der Waals surface area contributed by atoms with E-state index >= 15 is 0 Å². The lowest BCUT2D eigenvalue weighted by Gasteiger charge is -2.30. The number of hydrogen-bond donors (Lipinski definition) is 1. The second-order valence-electron chi connectivity index (χ2n) is 4.43. The maximum absolute atomic E-state index is 12.1. The number of nitrogens with one attached hydrogen (secondary N) is 1. The molecule has 1 aliphatic rings. The molecule has 0 aromatic heterocycles. The van der Waals surface area contributed by atoms with Gasteiger partial charge in [0.2, 0.25) is 0 Å². The maximum atomic E-state index is 12.1. The lowest BCUT2D eigenvalue weighted by atomic mass is 9.95. The van der Waals surface area contributed by atoms with Crippen molar-refractivity contribution in [3.8, 4) is 0 Å². The first-order valence-electron chi connectivity index (χ1n) is 5.99. The van der Waals surface area contributed by atoms with E-state index in [0.29, 0.717) is 13.0 Å². The van der Waals surface area contributed by atoms with Gasteiger partial charge >= 0.3 is 0 Å². The van der Waals surface area contributed by atoms with Crippen LogP contribution in [0.15, 0.2) is 0 Å². The summed E-state index contributed by atoms with van der Waals surface area (Å²) in [6.07, 6.45) is 4.55. The molecule has 16 heavy (non-hydrogen) atoms. The molecular weight excluding hydrogens is 226 g/mol. The fourth-order valence-corrected chi connectivity index (χ4v) is 4.53. The van der Waals surface area contributed by atoms with Crippen LogP contribution >= 0.6 is 0 Å². The van der Waals surface area contributed by atoms with Gasteiger partial charge in [0, 0.05) is 19.8 Å². The Bertz CT molecular complexity index is 290. The first kappa shape index (κ1) is 13.9. The van der Waals surface area contributed by atoms with Crippen molar-refractivity contribution in [3.63, 3.8) is 0 Å². The Morgan fingerprint density at radius 1 is 1.31 bits per heavy atom. The number of ether oxygens (including phenoxy) is 1. The smallest absolute Gasteiger partial charge is 0.154 e. The summed E-state index contributed by atoms with van der Waals surface area (Å²) >= 11 is 0. The van der Waals surface area contributed by atoms with Gasteiger partial charge in [0.25, 0.3) is 0 Å². The molecule has 0 amide bonds. The van der Waals surface area contributed by atoms with Crippen LogP contribution in [-0.2, 0) is 14.6 Å². The summed E-state index contributed by atoms with van der Waals surface area (Å²) in [5.41, 5.74) is 0. The SMILES string of the molecule is CNC1CCCCC1S(=O)(=O)CCCOC. The largest absolute Gasteiger partial charge is 0.385 e. The minimum atomic E-state index is -2.96. The van der Waals surface area contributed by atoms with Gasteiger partial charge in [0.05, 0.1) is 11.0 Å². The van der Waals surface area contributed by atoms with Gasteiger partial charge in [-0.1, -0.05) is 12.8 Å². The summed E-state index contributed by atoms with van der Waals surface area (Å²) in [5, 5.41) is 2.95. The lowest BCUT2D eigenvalue weighted by Crippen LogP contribution is -2.45. The molecule has 1 rings (SSSR count). The quantitative estimate of drug-likeness (QED) is 0.713. The zero-order valence-corrected chi connectivity index (χ0v) is 11.1. The average Bonchev–Trinajstić information content (AvgIpc) is 2.29. The minimum Gasteiger partial charge on any atom is -0.385 e. The van der Waals surface area contributed by atoms with E-state index in [4.69, 9.17) is 4.74 Å². The monoisotopic (exact) mass is 249 g/mol. The molecule has 0 aliphatic heterocycles. The van der Waals surface area contributed by atoms with Gasteiger partial charge in [-0.25, -0.2) is 8.42 Å². The highest BCUT2D eigenvalue weighted by molar-refractivity contribution is 7.92. The van der Waals surface area contributed by atoms with Gasteiger partial charge in [0.15, 0.2) is 9.84 Å². The van der Waals surface area contributed by atoms with Crippen molar-refractivity contribution in [2.24, 2.45) is 0 Å². The van der Waals surface area contributed by atoms with Crippen molar-refractivity contribution in [3.05, 3.63) is 0 Å². The molecule has 0 aromatic rings. The highest BCUT2D eigenvalue weighted by atomic mass is 32.2. The van der Waals surface area contributed by atoms with Crippen molar-refractivity contribution in [2.45, 2.75) is 43.4 Å². The molecule has 5 heteroatoms. The summed E-state index contributed by atoms with van der Waals surface area (Å²) < 4.78 is 29.2.